The van der Waals surface area contributed by atoms with Gasteiger partial charge in [-0.15, -0.1) is 0 Å². The number of rotatable bonds is 12. The van der Waals surface area contributed by atoms with E-state index in [1.807, 2.05) is 13.8 Å². The SMILES string of the molecule is CCS[C@H]1C[C@H](O[C@@H]2C[C@@H](SCC)[C@H](OC(C)=O)[C@@H](COC(C)=O)O2)O[C@@H](COC(C)=O)[C@@H]1OC(C)=O. The first-order chi connectivity index (χ1) is 17.5. The van der Waals surface area contributed by atoms with E-state index < -0.39 is 60.9 Å². The highest BCUT2D eigenvalue weighted by Crippen LogP contribution is 2.37. The molecule has 0 N–H and O–H groups in total. The number of thioether (sulfide) groups is 2. The summed E-state index contributed by atoms with van der Waals surface area (Å²) in [6.45, 7) is 9.02. The second-order valence-corrected chi connectivity index (χ2v) is 11.6. The first kappa shape index (κ1) is 31.7. The molecule has 2 fully saturated rings. The highest BCUT2D eigenvalue weighted by molar-refractivity contribution is 8.00. The fourth-order valence-corrected chi connectivity index (χ4v) is 6.52. The molecule has 2 aliphatic heterocycles. The number of hydrogen-bond acceptors (Lipinski definition) is 13. The van der Waals surface area contributed by atoms with Crippen molar-refractivity contribution in [2.75, 3.05) is 24.7 Å². The fourth-order valence-electron chi connectivity index (χ4n) is 4.23. The summed E-state index contributed by atoms with van der Waals surface area (Å²) in [5, 5.41) is -0.327. The predicted octanol–water partition coefficient (Wildman–Crippen LogP) is 2.47. The van der Waals surface area contributed by atoms with Gasteiger partial charge in [-0.3, -0.25) is 19.2 Å². The van der Waals surface area contributed by atoms with Gasteiger partial charge in [0.1, 0.15) is 37.6 Å². The minimum absolute atomic E-state index is 0.0998. The highest BCUT2D eigenvalue weighted by Gasteiger charge is 2.46. The molecule has 11 nitrogen and oxygen atoms in total. The Morgan fingerprint density at radius 2 is 1.05 bits per heavy atom. The van der Waals surface area contributed by atoms with Crippen molar-refractivity contribution >= 4 is 47.4 Å². The van der Waals surface area contributed by atoms with Crippen molar-refractivity contribution in [2.45, 2.75) is 102 Å². The normalized spacial score (nSPS) is 31.7. The molecule has 37 heavy (non-hydrogen) atoms. The molecule has 2 aliphatic rings. The van der Waals surface area contributed by atoms with Gasteiger partial charge in [0.25, 0.3) is 0 Å². The number of esters is 4. The molecule has 0 radical (unpaired) electrons. The molecular formula is C24H38O11S2. The van der Waals surface area contributed by atoms with Crippen molar-refractivity contribution in [1.82, 2.24) is 0 Å². The Bertz CT molecular complexity index is 718. The van der Waals surface area contributed by atoms with E-state index in [4.69, 9.17) is 33.2 Å². The van der Waals surface area contributed by atoms with Crippen molar-refractivity contribution in [1.29, 1.82) is 0 Å². The zero-order valence-corrected chi connectivity index (χ0v) is 23.8. The average Bonchev–Trinajstić information content (AvgIpc) is 2.79. The zero-order chi connectivity index (χ0) is 27.5. The summed E-state index contributed by atoms with van der Waals surface area (Å²) in [5.74, 6) is -0.344. The highest BCUT2D eigenvalue weighted by atomic mass is 32.2. The van der Waals surface area contributed by atoms with E-state index >= 15 is 0 Å². The van der Waals surface area contributed by atoms with Gasteiger partial charge in [0.15, 0.2) is 12.6 Å². The minimum Gasteiger partial charge on any atom is -0.463 e. The zero-order valence-electron chi connectivity index (χ0n) is 22.2. The summed E-state index contributed by atoms with van der Waals surface area (Å²) >= 11 is 3.19. The molecule has 212 valence electrons. The summed E-state index contributed by atoms with van der Waals surface area (Å²) in [4.78, 5) is 46.5. The van der Waals surface area contributed by atoms with Gasteiger partial charge in [-0.25, -0.2) is 0 Å². The van der Waals surface area contributed by atoms with Crippen molar-refractivity contribution in [3.8, 4) is 0 Å². The lowest BCUT2D eigenvalue weighted by molar-refractivity contribution is -0.313. The van der Waals surface area contributed by atoms with Crippen LogP contribution in [-0.4, -0.2) is 96.1 Å². The molecule has 0 unspecified atom stereocenters. The van der Waals surface area contributed by atoms with Crippen LogP contribution >= 0.6 is 23.5 Å². The smallest absolute Gasteiger partial charge is 0.303 e. The van der Waals surface area contributed by atoms with E-state index in [9.17, 15) is 19.2 Å². The third-order valence-corrected chi connectivity index (χ3v) is 7.98. The number of ether oxygens (including phenoxy) is 7. The quantitative estimate of drug-likeness (QED) is 0.253. The molecule has 0 amide bonds. The van der Waals surface area contributed by atoms with Crippen LogP contribution in [0, 0.1) is 0 Å². The van der Waals surface area contributed by atoms with Crippen LogP contribution in [0.5, 0.6) is 0 Å². The van der Waals surface area contributed by atoms with Crippen LogP contribution in [0.25, 0.3) is 0 Å². The van der Waals surface area contributed by atoms with E-state index in [2.05, 4.69) is 0 Å². The molecule has 0 spiro atoms. The van der Waals surface area contributed by atoms with Gasteiger partial charge >= 0.3 is 23.9 Å². The van der Waals surface area contributed by atoms with E-state index in [1.54, 1.807) is 23.5 Å². The van der Waals surface area contributed by atoms with Gasteiger partial charge in [-0.2, -0.15) is 23.5 Å². The summed E-state index contributed by atoms with van der Waals surface area (Å²) in [7, 11) is 0. The van der Waals surface area contributed by atoms with E-state index in [0.29, 0.717) is 12.8 Å². The second kappa shape index (κ2) is 15.8. The molecule has 13 heteroatoms. The monoisotopic (exact) mass is 566 g/mol. The Labute approximate surface area is 226 Å². The maximum atomic E-state index is 11.8. The third kappa shape index (κ3) is 10.6. The van der Waals surface area contributed by atoms with Crippen LogP contribution in [0.3, 0.4) is 0 Å². The van der Waals surface area contributed by atoms with E-state index in [0.717, 1.165) is 11.5 Å². The summed E-state index contributed by atoms with van der Waals surface area (Å²) in [5.41, 5.74) is 0. The predicted molar refractivity (Wildman–Crippen MR) is 136 cm³/mol. The third-order valence-electron chi connectivity index (χ3n) is 5.54. The first-order valence-electron chi connectivity index (χ1n) is 12.3. The van der Waals surface area contributed by atoms with E-state index in [1.165, 1.54) is 27.7 Å². The molecule has 0 aromatic carbocycles. The van der Waals surface area contributed by atoms with E-state index in [-0.39, 0.29) is 23.7 Å². The molecule has 0 aliphatic carbocycles. The van der Waals surface area contributed by atoms with Gasteiger partial charge in [0, 0.05) is 51.0 Å². The molecule has 2 rings (SSSR count). The maximum Gasteiger partial charge on any atom is 0.303 e. The Balaban J connectivity index is 2.21. The van der Waals surface area contributed by atoms with Gasteiger partial charge < -0.3 is 33.2 Å². The number of carbonyl (C=O) groups excluding carboxylic acids is 4. The van der Waals surface area contributed by atoms with Crippen molar-refractivity contribution in [2.24, 2.45) is 0 Å². The average molecular weight is 567 g/mol. The largest absolute Gasteiger partial charge is 0.463 e. The molecule has 8 atom stereocenters. The van der Waals surface area contributed by atoms with Gasteiger partial charge in [-0.05, 0) is 11.5 Å². The van der Waals surface area contributed by atoms with Crippen LogP contribution in [0.15, 0.2) is 0 Å². The lowest BCUT2D eigenvalue weighted by atomic mass is 10.0. The van der Waals surface area contributed by atoms with Gasteiger partial charge in [0.05, 0.1) is 0 Å². The molecule has 0 saturated carbocycles. The van der Waals surface area contributed by atoms with Gasteiger partial charge in [0.2, 0.25) is 0 Å². The lowest BCUT2D eigenvalue weighted by Crippen LogP contribution is -2.55. The lowest BCUT2D eigenvalue weighted by Gasteiger charge is -2.44. The van der Waals surface area contributed by atoms with Crippen LogP contribution in [0.2, 0.25) is 0 Å². The minimum atomic E-state index is -0.742. The fraction of sp³-hybridized carbons (Fsp3) is 0.833. The summed E-state index contributed by atoms with van der Waals surface area (Å²) in [6, 6.07) is 0. The topological polar surface area (TPSA) is 133 Å². The van der Waals surface area contributed by atoms with Crippen LogP contribution in [-0.2, 0) is 52.3 Å². The maximum absolute atomic E-state index is 11.8. The first-order valence-corrected chi connectivity index (χ1v) is 14.4. The molecule has 0 aromatic heterocycles. The summed E-state index contributed by atoms with van der Waals surface area (Å²) < 4.78 is 39.9. The van der Waals surface area contributed by atoms with Crippen molar-refractivity contribution < 1.29 is 52.3 Å². The van der Waals surface area contributed by atoms with Crippen LogP contribution in [0.4, 0.5) is 0 Å². The molecular weight excluding hydrogens is 528 g/mol. The standard InChI is InChI=1S/C24H38O11S2/c1-7-36-19-9-21(33-17(11-29-13(3)25)23(19)31-15(5)27)35-22-10-20(37-8-2)24(32-16(6)28)18(34-22)12-30-14(4)26/h17-24H,7-12H2,1-6H3/t17-,18+,19-,20+,21-,22+,23-,24+. The second-order valence-electron chi connectivity index (χ2n) is 8.56. The van der Waals surface area contributed by atoms with Crippen molar-refractivity contribution in [3.05, 3.63) is 0 Å². The number of hydrogen-bond donors (Lipinski definition) is 0. The summed E-state index contributed by atoms with van der Waals surface area (Å²) in [6.07, 6.45) is -3.39. The van der Waals surface area contributed by atoms with Gasteiger partial charge in [-0.1, -0.05) is 13.8 Å². The molecule has 0 aromatic rings. The van der Waals surface area contributed by atoms with Crippen LogP contribution < -0.4 is 0 Å². The number of carbonyl (C=O) groups is 4. The Morgan fingerprint density at radius 3 is 1.35 bits per heavy atom. The van der Waals surface area contributed by atoms with Crippen LogP contribution in [0.1, 0.15) is 54.4 Å². The molecule has 2 heterocycles. The van der Waals surface area contributed by atoms with Crippen molar-refractivity contribution in [3.63, 3.8) is 0 Å². The molecule has 2 saturated heterocycles. The Morgan fingerprint density at radius 1 is 0.676 bits per heavy atom. The Hall–Kier alpha value is -1.54. The molecule has 0 bridgehead atoms. The Kier molecular flexibility index (Phi) is 13.5.